The van der Waals surface area contributed by atoms with Crippen LogP contribution in [-0.4, -0.2) is 48.5 Å². The first-order valence-corrected chi connectivity index (χ1v) is 8.21. The van der Waals surface area contributed by atoms with Gasteiger partial charge < -0.3 is 15.5 Å². The van der Waals surface area contributed by atoms with Gasteiger partial charge in [-0.2, -0.15) is 0 Å². The Labute approximate surface area is 133 Å². The van der Waals surface area contributed by atoms with Crippen LogP contribution in [0.3, 0.4) is 0 Å². The first-order valence-electron chi connectivity index (χ1n) is 8.21. The average molecular weight is 304 g/mol. The van der Waals surface area contributed by atoms with E-state index in [-0.39, 0.29) is 11.9 Å². The van der Waals surface area contributed by atoms with E-state index in [1.165, 1.54) is 12.8 Å². The number of aromatic nitrogens is 1. The predicted molar refractivity (Wildman–Crippen MR) is 90.1 cm³/mol. The largest absolute Gasteiger partial charge is 0.356 e. The number of carbonyl (C=O) groups is 1. The van der Waals surface area contributed by atoms with Crippen LogP contribution in [0.2, 0.25) is 0 Å². The monoisotopic (exact) mass is 304 g/mol. The molecule has 2 rings (SSSR count). The third-order valence-corrected chi connectivity index (χ3v) is 4.42. The third kappa shape index (κ3) is 3.97. The van der Waals surface area contributed by atoms with Gasteiger partial charge in [-0.05, 0) is 37.3 Å². The molecule has 122 valence electrons. The van der Waals surface area contributed by atoms with Crippen molar-refractivity contribution in [2.24, 2.45) is 11.7 Å². The second-order valence-corrected chi connectivity index (χ2v) is 6.49. The van der Waals surface area contributed by atoms with E-state index in [9.17, 15) is 4.79 Å². The van der Waals surface area contributed by atoms with Gasteiger partial charge in [0.05, 0.1) is 5.56 Å². The van der Waals surface area contributed by atoms with E-state index in [0.717, 1.165) is 25.3 Å². The van der Waals surface area contributed by atoms with Gasteiger partial charge in [-0.15, -0.1) is 0 Å². The molecule has 1 atom stereocenters. The van der Waals surface area contributed by atoms with Crippen molar-refractivity contribution in [3.63, 3.8) is 0 Å². The first kappa shape index (κ1) is 16.7. The smallest absolute Gasteiger partial charge is 0.257 e. The van der Waals surface area contributed by atoms with Crippen molar-refractivity contribution in [1.82, 2.24) is 9.88 Å². The van der Waals surface area contributed by atoms with Crippen molar-refractivity contribution in [1.29, 1.82) is 0 Å². The van der Waals surface area contributed by atoms with Crippen LogP contribution < -0.4 is 10.6 Å². The van der Waals surface area contributed by atoms with Gasteiger partial charge in [-0.25, -0.2) is 4.98 Å². The Morgan fingerprint density at radius 3 is 2.73 bits per heavy atom. The number of amides is 1. The molecule has 2 N–H and O–H groups in total. The fraction of sp³-hybridized carbons (Fsp3) is 0.647. The SMILES string of the molecule is CC(C)C(N)CCN(C)C(=O)c1cccnc1N1CCCC1. The number of pyridine rings is 1. The number of nitrogens with zero attached hydrogens (tertiary/aromatic N) is 3. The van der Waals surface area contributed by atoms with Crippen molar-refractivity contribution in [2.45, 2.75) is 39.2 Å². The summed E-state index contributed by atoms with van der Waals surface area (Å²) in [6.45, 7) is 6.86. The van der Waals surface area contributed by atoms with Gasteiger partial charge in [-0.1, -0.05) is 13.8 Å². The van der Waals surface area contributed by atoms with Crippen molar-refractivity contribution in [3.05, 3.63) is 23.9 Å². The Morgan fingerprint density at radius 1 is 1.41 bits per heavy atom. The summed E-state index contributed by atoms with van der Waals surface area (Å²) in [4.78, 5) is 21.1. The molecule has 1 aromatic heterocycles. The average Bonchev–Trinajstić information content (AvgIpc) is 3.05. The molecule has 0 bridgehead atoms. The normalized spacial score (nSPS) is 16.1. The molecular weight excluding hydrogens is 276 g/mol. The summed E-state index contributed by atoms with van der Waals surface area (Å²) < 4.78 is 0. The van der Waals surface area contributed by atoms with Gasteiger partial charge in [0.1, 0.15) is 5.82 Å². The Bertz CT molecular complexity index is 497. The van der Waals surface area contributed by atoms with Crippen LogP contribution in [0.25, 0.3) is 0 Å². The number of nitrogens with two attached hydrogens (primary N) is 1. The molecule has 2 heterocycles. The van der Waals surface area contributed by atoms with Gasteiger partial charge in [-0.3, -0.25) is 4.79 Å². The van der Waals surface area contributed by atoms with Crippen molar-refractivity contribution < 1.29 is 4.79 Å². The lowest BCUT2D eigenvalue weighted by molar-refractivity contribution is 0.0789. The summed E-state index contributed by atoms with van der Waals surface area (Å²) in [6.07, 6.45) is 4.92. The van der Waals surface area contributed by atoms with Crippen LogP contribution in [0.5, 0.6) is 0 Å². The molecule has 1 amide bonds. The van der Waals surface area contributed by atoms with Gasteiger partial charge >= 0.3 is 0 Å². The Hall–Kier alpha value is -1.62. The zero-order chi connectivity index (χ0) is 16.1. The molecule has 5 nitrogen and oxygen atoms in total. The van der Waals surface area contributed by atoms with Crippen LogP contribution in [0.15, 0.2) is 18.3 Å². The molecule has 1 aliphatic heterocycles. The lowest BCUT2D eigenvalue weighted by Gasteiger charge is -2.24. The van der Waals surface area contributed by atoms with E-state index in [1.54, 1.807) is 11.1 Å². The standard InChI is InChI=1S/C17H28N4O/c1-13(2)15(18)8-12-20(3)17(22)14-7-6-9-19-16(14)21-10-4-5-11-21/h6-7,9,13,15H,4-5,8,10-12,18H2,1-3H3. The van der Waals surface area contributed by atoms with Crippen LogP contribution in [0, 0.1) is 5.92 Å². The predicted octanol–water partition coefficient (Wildman–Crippen LogP) is 2.13. The summed E-state index contributed by atoms with van der Waals surface area (Å²) in [7, 11) is 1.84. The summed E-state index contributed by atoms with van der Waals surface area (Å²) in [6, 6.07) is 3.84. The molecule has 22 heavy (non-hydrogen) atoms. The quantitative estimate of drug-likeness (QED) is 0.874. The lowest BCUT2D eigenvalue weighted by Crippen LogP contribution is -2.35. The topological polar surface area (TPSA) is 62.5 Å². The highest BCUT2D eigenvalue weighted by Crippen LogP contribution is 2.23. The molecule has 1 fully saturated rings. The molecule has 5 heteroatoms. The second-order valence-electron chi connectivity index (χ2n) is 6.49. The maximum absolute atomic E-state index is 12.7. The number of hydrogen-bond donors (Lipinski definition) is 1. The Balaban J connectivity index is 2.05. The minimum atomic E-state index is 0.0333. The van der Waals surface area contributed by atoms with Crippen molar-refractivity contribution >= 4 is 11.7 Å². The number of carbonyl (C=O) groups excluding carboxylic acids is 1. The summed E-state index contributed by atoms with van der Waals surface area (Å²) in [5, 5.41) is 0. The van der Waals surface area contributed by atoms with E-state index < -0.39 is 0 Å². The summed E-state index contributed by atoms with van der Waals surface area (Å²) >= 11 is 0. The van der Waals surface area contributed by atoms with Crippen LogP contribution in [0.1, 0.15) is 43.5 Å². The molecule has 1 saturated heterocycles. The Morgan fingerprint density at radius 2 is 2.09 bits per heavy atom. The minimum absolute atomic E-state index is 0.0333. The molecule has 0 aliphatic carbocycles. The highest BCUT2D eigenvalue weighted by Gasteiger charge is 2.22. The molecular formula is C17H28N4O. The number of anilines is 1. The lowest BCUT2D eigenvalue weighted by atomic mass is 10.0. The van der Waals surface area contributed by atoms with Crippen LogP contribution in [0.4, 0.5) is 5.82 Å². The van der Waals surface area contributed by atoms with Crippen molar-refractivity contribution in [2.75, 3.05) is 31.6 Å². The molecule has 1 aliphatic rings. The van der Waals surface area contributed by atoms with Crippen molar-refractivity contribution in [3.8, 4) is 0 Å². The van der Waals surface area contributed by atoms with E-state index in [4.69, 9.17) is 5.73 Å². The van der Waals surface area contributed by atoms with E-state index >= 15 is 0 Å². The third-order valence-electron chi connectivity index (χ3n) is 4.42. The molecule has 0 radical (unpaired) electrons. The van der Waals surface area contributed by atoms with Gasteiger partial charge in [0.25, 0.3) is 5.91 Å². The fourth-order valence-electron chi connectivity index (χ4n) is 2.73. The van der Waals surface area contributed by atoms with Crippen LogP contribution in [-0.2, 0) is 0 Å². The van der Waals surface area contributed by atoms with Gasteiger partial charge in [0, 0.05) is 38.9 Å². The Kier molecular flexibility index (Phi) is 5.77. The minimum Gasteiger partial charge on any atom is -0.356 e. The molecule has 1 unspecified atom stereocenters. The molecule has 0 aromatic carbocycles. The maximum Gasteiger partial charge on any atom is 0.257 e. The van der Waals surface area contributed by atoms with Crippen LogP contribution >= 0.6 is 0 Å². The maximum atomic E-state index is 12.7. The fourth-order valence-corrected chi connectivity index (χ4v) is 2.73. The molecule has 1 aromatic rings. The summed E-state index contributed by atoms with van der Waals surface area (Å²) in [5.74, 6) is 1.29. The van der Waals surface area contributed by atoms with Gasteiger partial charge in [0.2, 0.25) is 0 Å². The zero-order valence-electron chi connectivity index (χ0n) is 14.0. The van der Waals surface area contributed by atoms with Gasteiger partial charge in [0.15, 0.2) is 0 Å². The highest BCUT2D eigenvalue weighted by molar-refractivity contribution is 5.98. The second kappa shape index (κ2) is 7.58. The molecule has 0 saturated carbocycles. The highest BCUT2D eigenvalue weighted by atomic mass is 16.2. The number of rotatable bonds is 6. The molecule has 0 spiro atoms. The first-order chi connectivity index (χ1) is 10.5. The number of hydrogen-bond acceptors (Lipinski definition) is 4. The summed E-state index contributed by atoms with van der Waals surface area (Å²) in [5.41, 5.74) is 6.77. The zero-order valence-corrected chi connectivity index (χ0v) is 14.0. The van der Waals surface area contributed by atoms with E-state index in [1.807, 2.05) is 19.2 Å². The van der Waals surface area contributed by atoms with E-state index in [2.05, 4.69) is 23.7 Å². The van der Waals surface area contributed by atoms with E-state index in [0.29, 0.717) is 18.0 Å².